The third kappa shape index (κ3) is 5.53. The van der Waals surface area contributed by atoms with Crippen LogP contribution in [0.5, 0.6) is 11.5 Å². The number of benzene rings is 2. The van der Waals surface area contributed by atoms with E-state index in [1.165, 1.54) is 14.2 Å². The number of nitrogens with one attached hydrogen (secondary N) is 1. The van der Waals surface area contributed by atoms with Crippen molar-refractivity contribution < 1.29 is 85.0 Å². The summed E-state index contributed by atoms with van der Waals surface area (Å²) in [6.45, 7) is 5.14. The first-order valence-corrected chi connectivity index (χ1v) is 9.78. The molecule has 32 heavy (non-hydrogen) atoms. The summed E-state index contributed by atoms with van der Waals surface area (Å²) in [5, 5.41) is 15.1. The Morgan fingerprint density at radius 1 is 1.06 bits per heavy atom. The van der Waals surface area contributed by atoms with Gasteiger partial charge in [-0.05, 0) is 38.5 Å². The van der Waals surface area contributed by atoms with Crippen LogP contribution in [0.4, 0.5) is 0 Å². The molecule has 0 radical (unpaired) electrons. The van der Waals surface area contributed by atoms with E-state index in [1.807, 2.05) is 0 Å². The Labute approximate surface area is 230 Å². The fourth-order valence-corrected chi connectivity index (χ4v) is 3.49. The molecule has 0 amide bonds. The molecular weight excluding hydrogens is 441 g/mol. The number of hydrogen-bond donors (Lipinski definition) is 1. The molecule has 3 atom stereocenters. The average molecular weight is 468 g/mol. The van der Waals surface area contributed by atoms with Crippen LogP contribution < -0.4 is 71.3 Å². The van der Waals surface area contributed by atoms with Gasteiger partial charge in [0.05, 0.1) is 31.8 Å². The largest absolute Gasteiger partial charge is 1.00 e. The molecule has 2 aromatic carbocycles. The van der Waals surface area contributed by atoms with Crippen LogP contribution in [0.15, 0.2) is 48.5 Å². The molecule has 0 spiro atoms. The van der Waals surface area contributed by atoms with Gasteiger partial charge in [-0.1, -0.05) is 30.3 Å². The topological polar surface area (TPSA) is 106 Å². The Kier molecular flexibility index (Phi) is 8.91. The maximum atomic E-state index is 13.4. The number of methoxy groups -OCH3 is 2. The molecule has 0 saturated carbocycles. The maximum absolute atomic E-state index is 13.4. The van der Waals surface area contributed by atoms with Crippen LogP contribution in [-0.2, 0) is 24.8 Å². The molecular formula is C23H26KNO7. The van der Waals surface area contributed by atoms with Gasteiger partial charge in [-0.3, -0.25) is 5.32 Å². The number of carbonyl (C=O) groups excluding carboxylic acids is 2. The van der Waals surface area contributed by atoms with Crippen molar-refractivity contribution in [1.29, 1.82) is 0 Å². The predicted octanol–water partition coefficient (Wildman–Crippen LogP) is -1.32. The molecule has 1 heterocycles. The van der Waals surface area contributed by atoms with Gasteiger partial charge in [0.25, 0.3) is 0 Å². The zero-order chi connectivity index (χ0) is 22.8. The summed E-state index contributed by atoms with van der Waals surface area (Å²) in [6.07, 6.45) is -1.46. The molecule has 3 unspecified atom stereocenters. The van der Waals surface area contributed by atoms with Gasteiger partial charge >= 0.3 is 57.4 Å². The van der Waals surface area contributed by atoms with Crippen molar-refractivity contribution in [3.05, 3.63) is 59.7 Å². The SMILES string of the molecule is COc1ccc(C2(C(=O)OC(C)(C)C)NC(c3ccccc3)C(C(=O)[O-])O2)c(OC)c1.[K+]. The average Bonchev–Trinajstić information content (AvgIpc) is 3.15. The number of rotatable bonds is 6. The number of hydrogen-bond acceptors (Lipinski definition) is 8. The van der Waals surface area contributed by atoms with Gasteiger partial charge in [-0.15, -0.1) is 0 Å². The van der Waals surface area contributed by atoms with Crippen LogP contribution in [0.2, 0.25) is 0 Å². The van der Waals surface area contributed by atoms with Gasteiger partial charge in [0.15, 0.2) is 0 Å². The second-order valence-electron chi connectivity index (χ2n) is 8.14. The fourth-order valence-electron chi connectivity index (χ4n) is 3.49. The maximum Gasteiger partial charge on any atom is 1.00 e. The van der Waals surface area contributed by atoms with E-state index in [1.54, 1.807) is 69.3 Å². The molecule has 3 rings (SSSR count). The summed E-state index contributed by atoms with van der Waals surface area (Å²) in [7, 11) is 2.93. The van der Waals surface area contributed by atoms with Crippen molar-refractivity contribution >= 4 is 11.9 Å². The number of aliphatic carboxylic acids is 1. The van der Waals surface area contributed by atoms with Crippen LogP contribution in [0.25, 0.3) is 0 Å². The summed E-state index contributed by atoms with van der Waals surface area (Å²) < 4.78 is 22.2. The van der Waals surface area contributed by atoms with Crippen molar-refractivity contribution in [3.8, 4) is 11.5 Å². The van der Waals surface area contributed by atoms with Gasteiger partial charge < -0.3 is 28.8 Å². The zero-order valence-electron chi connectivity index (χ0n) is 19.1. The quantitative estimate of drug-likeness (QED) is 0.412. The zero-order valence-corrected chi connectivity index (χ0v) is 22.3. The van der Waals surface area contributed by atoms with Crippen molar-refractivity contribution in [1.82, 2.24) is 5.32 Å². The van der Waals surface area contributed by atoms with Crippen LogP contribution in [-0.4, -0.2) is 37.9 Å². The van der Waals surface area contributed by atoms with Crippen molar-refractivity contribution in [2.75, 3.05) is 14.2 Å². The van der Waals surface area contributed by atoms with Gasteiger partial charge in [0, 0.05) is 6.07 Å². The molecule has 1 aliphatic rings. The molecule has 0 aliphatic carbocycles. The van der Waals surface area contributed by atoms with Crippen LogP contribution in [0.3, 0.4) is 0 Å². The van der Waals surface area contributed by atoms with Crippen molar-refractivity contribution in [2.24, 2.45) is 0 Å². The molecule has 0 aromatic heterocycles. The second kappa shape index (κ2) is 10.6. The van der Waals surface area contributed by atoms with E-state index in [9.17, 15) is 14.7 Å². The first-order valence-electron chi connectivity index (χ1n) is 9.78. The Bertz CT molecular complexity index is 961. The van der Waals surface area contributed by atoms with Crippen LogP contribution >= 0.6 is 0 Å². The second-order valence-corrected chi connectivity index (χ2v) is 8.14. The number of ether oxygens (including phenoxy) is 4. The molecule has 1 aliphatic heterocycles. The van der Waals surface area contributed by atoms with Crippen LogP contribution in [0.1, 0.15) is 37.9 Å². The third-order valence-corrected chi connectivity index (χ3v) is 4.83. The fraction of sp³-hybridized carbons (Fsp3) is 0.391. The minimum Gasteiger partial charge on any atom is -0.547 e. The van der Waals surface area contributed by atoms with Gasteiger partial charge in [0.2, 0.25) is 5.72 Å². The minimum absolute atomic E-state index is 0. The summed E-state index contributed by atoms with van der Waals surface area (Å²) in [4.78, 5) is 25.4. The van der Waals surface area contributed by atoms with E-state index >= 15 is 0 Å². The normalized spacial score (nSPS) is 22.5. The van der Waals surface area contributed by atoms with E-state index in [2.05, 4.69) is 5.32 Å². The summed E-state index contributed by atoms with van der Waals surface area (Å²) >= 11 is 0. The Morgan fingerprint density at radius 3 is 2.25 bits per heavy atom. The molecule has 1 saturated heterocycles. The number of carbonyl (C=O) groups is 2. The van der Waals surface area contributed by atoms with Gasteiger partial charge in [0.1, 0.15) is 23.2 Å². The molecule has 2 aromatic rings. The van der Waals surface area contributed by atoms with E-state index < -0.39 is 35.4 Å². The molecule has 0 bridgehead atoms. The van der Waals surface area contributed by atoms with Crippen molar-refractivity contribution in [2.45, 2.75) is 44.2 Å². The first-order chi connectivity index (χ1) is 14.6. The molecule has 9 heteroatoms. The summed E-state index contributed by atoms with van der Waals surface area (Å²) in [5.41, 5.74) is -1.92. The molecule has 1 fully saturated rings. The smallest absolute Gasteiger partial charge is 0.547 e. The van der Waals surface area contributed by atoms with E-state index in [4.69, 9.17) is 18.9 Å². The van der Waals surface area contributed by atoms with E-state index in [0.29, 0.717) is 11.3 Å². The number of esters is 1. The Balaban J connectivity index is 0.00000363. The molecule has 8 nitrogen and oxygen atoms in total. The molecule has 166 valence electrons. The predicted molar refractivity (Wildman–Crippen MR) is 109 cm³/mol. The first kappa shape index (κ1) is 26.8. The Morgan fingerprint density at radius 2 is 1.72 bits per heavy atom. The van der Waals surface area contributed by atoms with E-state index in [0.717, 1.165) is 0 Å². The van der Waals surface area contributed by atoms with Crippen molar-refractivity contribution in [3.63, 3.8) is 0 Å². The number of carboxylic acid groups (broad SMARTS) is 1. The molecule has 1 N–H and O–H groups in total. The number of carboxylic acids is 1. The summed E-state index contributed by atoms with van der Waals surface area (Å²) in [5.74, 6) is -1.50. The third-order valence-electron chi connectivity index (χ3n) is 4.83. The van der Waals surface area contributed by atoms with E-state index in [-0.39, 0.29) is 62.7 Å². The summed E-state index contributed by atoms with van der Waals surface area (Å²) in [6, 6.07) is 12.7. The standard InChI is InChI=1S/C23H27NO7.K/c1-22(2,3)31-21(27)23(16-12-11-15(28-4)13-17(16)29-5)24-18(19(30-23)20(25)26)14-9-7-6-8-10-14;/h6-13,18-19,24H,1-5H3,(H,25,26);/q;+1/p-1. The minimum atomic E-state index is -1.95. The monoisotopic (exact) mass is 467 g/mol. The Hall–Kier alpha value is -1.46. The van der Waals surface area contributed by atoms with Crippen LogP contribution in [0, 0.1) is 0 Å². The van der Waals surface area contributed by atoms with Gasteiger partial charge in [-0.25, -0.2) is 4.79 Å². The van der Waals surface area contributed by atoms with Gasteiger partial charge in [-0.2, -0.15) is 0 Å².